The minimum absolute atomic E-state index is 0.462. The van der Waals surface area contributed by atoms with Gasteiger partial charge < -0.3 is 9.40 Å². The first-order chi connectivity index (χ1) is 12.2. The third kappa shape index (κ3) is 4.64. The van der Waals surface area contributed by atoms with E-state index in [0.717, 1.165) is 16.8 Å². The highest BCUT2D eigenvalue weighted by Gasteiger charge is 2.09. The molecule has 0 aliphatic heterocycles. The molecule has 25 heavy (non-hydrogen) atoms. The van der Waals surface area contributed by atoms with Crippen LogP contribution in [0.3, 0.4) is 0 Å². The topological polar surface area (TPSA) is 56.5 Å². The van der Waals surface area contributed by atoms with E-state index in [4.69, 9.17) is 4.84 Å². The Morgan fingerprint density at radius 2 is 1.84 bits per heavy atom. The quantitative estimate of drug-likeness (QED) is 0.391. The molecule has 2 aromatic carbocycles. The lowest BCUT2D eigenvalue weighted by Crippen LogP contribution is -2.09. The van der Waals surface area contributed by atoms with Crippen molar-refractivity contribution < 1.29 is 9.63 Å². The average molecular weight is 333 g/mol. The summed E-state index contributed by atoms with van der Waals surface area (Å²) in [6.07, 6.45) is 6.00. The molecule has 0 spiro atoms. The van der Waals surface area contributed by atoms with Gasteiger partial charge in [-0.1, -0.05) is 53.2 Å². The van der Waals surface area contributed by atoms with Crippen molar-refractivity contribution in [3.63, 3.8) is 0 Å². The molecular weight excluding hydrogens is 314 g/mol. The number of aryl methyl sites for hydroxylation is 2. The first-order valence-corrected chi connectivity index (χ1v) is 8.08. The number of hydrogen-bond acceptors (Lipinski definition) is 4. The Bertz CT molecular complexity index is 838. The van der Waals surface area contributed by atoms with Crippen LogP contribution in [0.2, 0.25) is 0 Å². The van der Waals surface area contributed by atoms with Crippen LogP contribution in [0.5, 0.6) is 0 Å². The summed E-state index contributed by atoms with van der Waals surface area (Å²) in [4.78, 5) is 21.4. The van der Waals surface area contributed by atoms with Gasteiger partial charge in [0.15, 0.2) is 0 Å². The van der Waals surface area contributed by atoms with Gasteiger partial charge in [-0.15, -0.1) is 0 Å². The summed E-state index contributed by atoms with van der Waals surface area (Å²) >= 11 is 0. The third-order valence-corrected chi connectivity index (χ3v) is 3.80. The van der Waals surface area contributed by atoms with Gasteiger partial charge in [0.2, 0.25) is 0 Å². The first kappa shape index (κ1) is 16.6. The van der Waals surface area contributed by atoms with Crippen LogP contribution in [0.1, 0.15) is 27.9 Å². The molecule has 1 aromatic heterocycles. The first-order valence-electron chi connectivity index (χ1n) is 8.08. The lowest BCUT2D eigenvalue weighted by atomic mass is 10.1. The third-order valence-electron chi connectivity index (χ3n) is 3.80. The number of carbonyl (C=O) groups is 1. The smallest absolute Gasteiger partial charge is 0.337 e. The van der Waals surface area contributed by atoms with E-state index in [-0.39, 0.29) is 0 Å². The molecule has 0 amide bonds. The van der Waals surface area contributed by atoms with Crippen molar-refractivity contribution in [3.05, 3.63) is 90.0 Å². The zero-order valence-electron chi connectivity index (χ0n) is 14.0. The molecule has 0 unspecified atom stereocenters. The second-order valence-corrected chi connectivity index (χ2v) is 5.70. The number of carbonyl (C=O) groups excluding carboxylic acids is 1. The lowest BCUT2D eigenvalue weighted by molar-refractivity contribution is 0.0515. The van der Waals surface area contributed by atoms with E-state index in [1.54, 1.807) is 24.7 Å². The molecule has 0 bridgehead atoms. The molecule has 0 aliphatic rings. The van der Waals surface area contributed by atoms with Gasteiger partial charge in [0.1, 0.15) is 0 Å². The highest BCUT2D eigenvalue weighted by Crippen LogP contribution is 2.09. The molecule has 0 radical (unpaired) electrons. The number of hydrogen-bond donors (Lipinski definition) is 0. The van der Waals surface area contributed by atoms with Crippen LogP contribution in [0.4, 0.5) is 0 Å². The second-order valence-electron chi connectivity index (χ2n) is 5.70. The van der Waals surface area contributed by atoms with Crippen molar-refractivity contribution >= 4 is 11.7 Å². The van der Waals surface area contributed by atoms with E-state index in [0.29, 0.717) is 18.5 Å². The number of imidazole rings is 1. The number of rotatable bonds is 6. The molecule has 3 rings (SSSR count). The zero-order valence-corrected chi connectivity index (χ0v) is 14.0. The number of benzene rings is 2. The Morgan fingerprint density at radius 1 is 1.08 bits per heavy atom. The maximum Gasteiger partial charge on any atom is 0.365 e. The van der Waals surface area contributed by atoms with Gasteiger partial charge in [-0.2, -0.15) is 0 Å². The van der Waals surface area contributed by atoms with Crippen LogP contribution in [0.25, 0.3) is 0 Å². The summed E-state index contributed by atoms with van der Waals surface area (Å²) in [5.74, 6) is -0.462. The van der Waals surface area contributed by atoms with E-state index >= 15 is 0 Å². The van der Waals surface area contributed by atoms with Crippen molar-refractivity contribution in [2.75, 3.05) is 0 Å². The van der Waals surface area contributed by atoms with Crippen LogP contribution < -0.4 is 0 Å². The standard InChI is InChI=1S/C20H19N3O2/c1-16-7-9-18(10-8-16)20(24)25-22-19(17-5-3-2-4-6-17)11-13-23-14-12-21-15-23/h2-10,12,14-15H,11,13H2,1H3/b22-19+. The van der Waals surface area contributed by atoms with Gasteiger partial charge in [0.05, 0.1) is 17.6 Å². The lowest BCUT2D eigenvalue weighted by Gasteiger charge is -2.07. The van der Waals surface area contributed by atoms with Crippen LogP contribution in [-0.2, 0) is 11.4 Å². The monoisotopic (exact) mass is 333 g/mol. The molecular formula is C20H19N3O2. The maximum absolute atomic E-state index is 12.2. The van der Waals surface area contributed by atoms with Gasteiger partial charge in [-0.3, -0.25) is 0 Å². The summed E-state index contributed by atoms with van der Waals surface area (Å²) in [5, 5.41) is 4.13. The SMILES string of the molecule is Cc1ccc(C(=O)O/N=C(\CCn2ccnc2)c2ccccc2)cc1. The van der Waals surface area contributed by atoms with E-state index < -0.39 is 5.97 Å². The summed E-state index contributed by atoms with van der Waals surface area (Å²) in [5.41, 5.74) is 3.22. The van der Waals surface area contributed by atoms with Gasteiger partial charge >= 0.3 is 5.97 Å². The fraction of sp³-hybridized carbons (Fsp3) is 0.150. The van der Waals surface area contributed by atoms with Gasteiger partial charge in [0, 0.05) is 25.4 Å². The van der Waals surface area contributed by atoms with Crippen LogP contribution in [0, 0.1) is 6.92 Å². The molecule has 5 nitrogen and oxygen atoms in total. The van der Waals surface area contributed by atoms with Gasteiger partial charge in [-0.05, 0) is 24.6 Å². The minimum atomic E-state index is -0.462. The predicted molar refractivity (Wildman–Crippen MR) is 96.4 cm³/mol. The molecule has 0 aliphatic carbocycles. The Hall–Kier alpha value is -3.21. The fourth-order valence-electron chi connectivity index (χ4n) is 2.37. The van der Waals surface area contributed by atoms with Crippen LogP contribution >= 0.6 is 0 Å². The molecule has 0 fully saturated rings. The summed E-state index contributed by atoms with van der Waals surface area (Å²) in [6.45, 7) is 2.67. The van der Waals surface area contributed by atoms with Crippen LogP contribution in [-0.4, -0.2) is 21.2 Å². The molecule has 0 N–H and O–H groups in total. The molecule has 0 saturated heterocycles. The van der Waals surface area contributed by atoms with Crippen molar-refractivity contribution in [2.45, 2.75) is 19.9 Å². The normalized spacial score (nSPS) is 11.3. The largest absolute Gasteiger partial charge is 0.365 e. The molecule has 0 atom stereocenters. The second kappa shape index (κ2) is 8.06. The van der Waals surface area contributed by atoms with Gasteiger partial charge in [0.25, 0.3) is 0 Å². The Balaban J connectivity index is 1.74. The zero-order chi connectivity index (χ0) is 17.5. The Kier molecular flexibility index (Phi) is 5.36. The molecule has 3 aromatic rings. The average Bonchev–Trinajstić information content (AvgIpc) is 3.16. The number of aromatic nitrogens is 2. The molecule has 0 saturated carbocycles. The highest BCUT2D eigenvalue weighted by atomic mass is 16.7. The van der Waals surface area contributed by atoms with Crippen LogP contribution in [0.15, 0.2) is 78.5 Å². The number of oxime groups is 1. The van der Waals surface area contributed by atoms with Gasteiger partial charge in [-0.25, -0.2) is 9.78 Å². The Morgan fingerprint density at radius 3 is 2.52 bits per heavy atom. The minimum Gasteiger partial charge on any atom is -0.337 e. The summed E-state index contributed by atoms with van der Waals surface area (Å²) in [6, 6.07) is 16.9. The molecule has 126 valence electrons. The van der Waals surface area contributed by atoms with Crippen molar-refractivity contribution in [1.29, 1.82) is 0 Å². The Labute approximate surface area is 146 Å². The highest BCUT2D eigenvalue weighted by molar-refractivity contribution is 6.01. The summed E-state index contributed by atoms with van der Waals surface area (Å²) < 4.78 is 1.96. The molecule has 5 heteroatoms. The fourth-order valence-corrected chi connectivity index (χ4v) is 2.37. The van der Waals surface area contributed by atoms with Crippen molar-refractivity contribution in [1.82, 2.24) is 9.55 Å². The van der Waals surface area contributed by atoms with Crippen molar-refractivity contribution in [2.24, 2.45) is 5.16 Å². The van der Waals surface area contributed by atoms with E-state index in [1.165, 1.54) is 0 Å². The predicted octanol–water partition coefficient (Wildman–Crippen LogP) is 3.84. The van der Waals surface area contributed by atoms with E-state index in [1.807, 2.05) is 60.2 Å². The van der Waals surface area contributed by atoms with E-state index in [9.17, 15) is 4.79 Å². The summed E-state index contributed by atoms with van der Waals surface area (Å²) in [7, 11) is 0. The number of nitrogens with zero attached hydrogens (tertiary/aromatic N) is 3. The van der Waals surface area contributed by atoms with E-state index in [2.05, 4.69) is 10.1 Å². The van der Waals surface area contributed by atoms with Crippen molar-refractivity contribution in [3.8, 4) is 0 Å². The maximum atomic E-state index is 12.2. The molecule has 1 heterocycles.